The fraction of sp³-hybridized carbons (Fsp3) is 0.889. The quantitative estimate of drug-likeness (QED) is 0.516. The van der Waals surface area contributed by atoms with E-state index >= 15 is 0 Å². The van der Waals surface area contributed by atoms with E-state index in [1.807, 2.05) is 0 Å². The normalized spacial score (nSPS) is 12.1. The maximum Gasteiger partial charge on any atom is 0.310 e. The summed E-state index contributed by atoms with van der Waals surface area (Å²) in [5.74, 6) is -0.877. The van der Waals surface area contributed by atoms with E-state index in [4.69, 9.17) is 15.3 Å². The van der Waals surface area contributed by atoms with Gasteiger partial charge in [-0.2, -0.15) is 0 Å². The Hall–Kier alpha value is -0.650. The van der Waals surface area contributed by atoms with E-state index in [9.17, 15) is 4.79 Å². The molecule has 84 valence electrons. The van der Waals surface area contributed by atoms with E-state index in [1.54, 1.807) is 18.7 Å². The lowest BCUT2D eigenvalue weighted by atomic mass is 9.93. The zero-order valence-corrected chi connectivity index (χ0v) is 8.73. The molecule has 0 bridgehead atoms. The molecule has 0 saturated heterocycles. The van der Waals surface area contributed by atoms with Gasteiger partial charge in [-0.05, 0) is 13.8 Å². The number of hydrogen-bond donors (Lipinski definition) is 3. The van der Waals surface area contributed by atoms with Gasteiger partial charge in [0.25, 0.3) is 0 Å². The highest BCUT2D eigenvalue weighted by atomic mass is 16.4. The fourth-order valence-corrected chi connectivity index (χ4v) is 1.18. The zero-order valence-electron chi connectivity index (χ0n) is 8.73. The molecule has 5 heteroatoms. The van der Waals surface area contributed by atoms with Gasteiger partial charge >= 0.3 is 5.97 Å². The molecule has 5 nitrogen and oxygen atoms in total. The van der Waals surface area contributed by atoms with E-state index in [0.29, 0.717) is 19.6 Å². The molecule has 3 N–H and O–H groups in total. The van der Waals surface area contributed by atoms with Gasteiger partial charge in [0.05, 0.1) is 18.6 Å². The molecule has 0 amide bonds. The Labute approximate surface area is 84.0 Å². The van der Waals surface area contributed by atoms with Crippen molar-refractivity contribution in [3.8, 4) is 0 Å². The van der Waals surface area contributed by atoms with Crippen molar-refractivity contribution in [2.45, 2.75) is 13.8 Å². The van der Waals surface area contributed by atoms with E-state index < -0.39 is 11.4 Å². The van der Waals surface area contributed by atoms with Crippen LogP contribution in [-0.4, -0.2) is 59.0 Å². The second-order valence-corrected chi connectivity index (χ2v) is 3.91. The van der Waals surface area contributed by atoms with Gasteiger partial charge in [0.15, 0.2) is 0 Å². The smallest absolute Gasteiger partial charge is 0.310 e. The molecule has 0 aromatic carbocycles. The van der Waals surface area contributed by atoms with Crippen LogP contribution < -0.4 is 0 Å². The number of carbonyl (C=O) groups is 1. The molecule has 0 heterocycles. The Bertz CT molecular complexity index is 176. The third-order valence-corrected chi connectivity index (χ3v) is 2.03. The van der Waals surface area contributed by atoms with Gasteiger partial charge < -0.3 is 15.3 Å². The Morgan fingerprint density at radius 1 is 1.21 bits per heavy atom. The Morgan fingerprint density at radius 3 is 1.93 bits per heavy atom. The molecule has 0 rings (SSSR count). The average Bonchev–Trinajstić information content (AvgIpc) is 2.04. The summed E-state index contributed by atoms with van der Waals surface area (Å²) in [5.41, 5.74) is -0.857. The molecular formula is C9H19NO4. The summed E-state index contributed by atoms with van der Waals surface area (Å²) in [7, 11) is 0. The van der Waals surface area contributed by atoms with Gasteiger partial charge in [0, 0.05) is 19.6 Å². The van der Waals surface area contributed by atoms with Crippen LogP contribution in [0.5, 0.6) is 0 Å². The fourth-order valence-electron chi connectivity index (χ4n) is 1.18. The van der Waals surface area contributed by atoms with Gasteiger partial charge in [-0.1, -0.05) is 0 Å². The zero-order chi connectivity index (χ0) is 11.2. The Kier molecular flexibility index (Phi) is 5.68. The van der Waals surface area contributed by atoms with Gasteiger partial charge in [0.1, 0.15) is 0 Å². The third-order valence-electron chi connectivity index (χ3n) is 2.03. The van der Waals surface area contributed by atoms with Crippen LogP contribution >= 0.6 is 0 Å². The topological polar surface area (TPSA) is 81.0 Å². The summed E-state index contributed by atoms with van der Waals surface area (Å²) in [6, 6.07) is 0. The molecule has 0 unspecified atom stereocenters. The van der Waals surface area contributed by atoms with Crippen molar-refractivity contribution < 1.29 is 20.1 Å². The summed E-state index contributed by atoms with van der Waals surface area (Å²) in [5, 5.41) is 26.3. The third kappa shape index (κ3) is 4.55. The highest BCUT2D eigenvalue weighted by Crippen LogP contribution is 2.16. The van der Waals surface area contributed by atoms with Crippen LogP contribution in [0.1, 0.15) is 13.8 Å². The van der Waals surface area contributed by atoms with Crippen LogP contribution in [0.3, 0.4) is 0 Å². The molecule has 0 radical (unpaired) electrons. The van der Waals surface area contributed by atoms with Crippen molar-refractivity contribution in [1.29, 1.82) is 0 Å². The monoisotopic (exact) mass is 205 g/mol. The minimum absolute atomic E-state index is 0.0320. The lowest BCUT2D eigenvalue weighted by Gasteiger charge is -2.28. The number of aliphatic carboxylic acids is 1. The molecule has 14 heavy (non-hydrogen) atoms. The van der Waals surface area contributed by atoms with Gasteiger partial charge in [-0.15, -0.1) is 0 Å². The number of rotatable bonds is 7. The molecule has 0 aromatic heterocycles. The van der Waals surface area contributed by atoms with Crippen molar-refractivity contribution in [3.05, 3.63) is 0 Å². The molecule has 0 fully saturated rings. The van der Waals surface area contributed by atoms with E-state index in [0.717, 1.165) is 0 Å². The first-order valence-electron chi connectivity index (χ1n) is 4.61. The second-order valence-electron chi connectivity index (χ2n) is 3.91. The van der Waals surface area contributed by atoms with Crippen LogP contribution in [0.4, 0.5) is 0 Å². The van der Waals surface area contributed by atoms with Crippen molar-refractivity contribution in [2.24, 2.45) is 5.41 Å². The summed E-state index contributed by atoms with van der Waals surface area (Å²) in [6.07, 6.45) is 0. The van der Waals surface area contributed by atoms with Gasteiger partial charge in [-0.3, -0.25) is 9.69 Å². The standard InChI is InChI=1S/C9H19NO4/c1-9(2,8(13)14)7-10(3-5-11)4-6-12/h11-12H,3-7H2,1-2H3,(H,13,14). The van der Waals surface area contributed by atoms with Crippen molar-refractivity contribution in [3.63, 3.8) is 0 Å². The minimum atomic E-state index is -0.877. The number of hydrogen-bond acceptors (Lipinski definition) is 4. The number of nitrogens with zero attached hydrogens (tertiary/aromatic N) is 1. The Balaban J connectivity index is 4.19. The molecule has 0 aliphatic rings. The maximum atomic E-state index is 10.8. The number of aliphatic hydroxyl groups is 2. The lowest BCUT2D eigenvalue weighted by molar-refractivity contribution is -0.148. The molecule has 0 aliphatic heterocycles. The van der Waals surface area contributed by atoms with Crippen LogP contribution in [0, 0.1) is 5.41 Å². The minimum Gasteiger partial charge on any atom is -0.481 e. The second kappa shape index (κ2) is 5.95. The maximum absolute atomic E-state index is 10.8. The Morgan fingerprint density at radius 2 is 1.64 bits per heavy atom. The highest BCUT2D eigenvalue weighted by molar-refractivity contribution is 5.73. The molecule has 0 aliphatic carbocycles. The van der Waals surface area contributed by atoms with E-state index in [1.165, 1.54) is 0 Å². The predicted octanol–water partition coefficient (Wildman–Crippen LogP) is -0.616. The summed E-state index contributed by atoms with van der Waals surface area (Å²) in [6.45, 7) is 4.28. The molecule has 0 spiro atoms. The van der Waals surface area contributed by atoms with Crippen molar-refractivity contribution in [2.75, 3.05) is 32.8 Å². The number of carboxylic acids is 1. The van der Waals surface area contributed by atoms with Crippen LogP contribution in [0.25, 0.3) is 0 Å². The largest absolute Gasteiger partial charge is 0.481 e. The van der Waals surface area contributed by atoms with Gasteiger partial charge in [0.2, 0.25) is 0 Å². The summed E-state index contributed by atoms with van der Waals surface area (Å²) < 4.78 is 0. The molecule has 0 atom stereocenters. The molecule has 0 aromatic rings. The first kappa shape index (κ1) is 13.4. The highest BCUT2D eigenvalue weighted by Gasteiger charge is 2.29. The van der Waals surface area contributed by atoms with Crippen LogP contribution in [-0.2, 0) is 4.79 Å². The van der Waals surface area contributed by atoms with Crippen LogP contribution in [0.15, 0.2) is 0 Å². The predicted molar refractivity (Wildman–Crippen MR) is 52.0 cm³/mol. The first-order valence-corrected chi connectivity index (χ1v) is 4.61. The number of aliphatic hydroxyl groups excluding tert-OH is 2. The SMILES string of the molecule is CC(C)(CN(CCO)CCO)C(=O)O. The average molecular weight is 205 g/mol. The summed E-state index contributed by atoms with van der Waals surface area (Å²) >= 11 is 0. The van der Waals surface area contributed by atoms with E-state index in [2.05, 4.69) is 0 Å². The lowest BCUT2D eigenvalue weighted by Crippen LogP contribution is -2.41. The van der Waals surface area contributed by atoms with Crippen molar-refractivity contribution in [1.82, 2.24) is 4.90 Å². The first-order chi connectivity index (χ1) is 6.44. The number of carboxylic acid groups (broad SMARTS) is 1. The van der Waals surface area contributed by atoms with Gasteiger partial charge in [-0.25, -0.2) is 0 Å². The molecule has 0 saturated carbocycles. The summed E-state index contributed by atoms with van der Waals surface area (Å²) in [4.78, 5) is 12.5. The molecular weight excluding hydrogens is 186 g/mol. The van der Waals surface area contributed by atoms with Crippen molar-refractivity contribution >= 4 is 5.97 Å². The van der Waals surface area contributed by atoms with Crippen LogP contribution in [0.2, 0.25) is 0 Å². The van der Waals surface area contributed by atoms with E-state index in [-0.39, 0.29) is 13.2 Å².